The minimum atomic E-state index is -0.763. The monoisotopic (exact) mass is 252 g/mol. The summed E-state index contributed by atoms with van der Waals surface area (Å²) in [6.07, 6.45) is 1.16. The second kappa shape index (κ2) is 4.16. The number of aromatic amines is 1. The quantitative estimate of drug-likeness (QED) is 0.616. The molecular formula is C10H12N4O4. The van der Waals surface area contributed by atoms with Gasteiger partial charge < -0.3 is 19.9 Å². The van der Waals surface area contributed by atoms with Crippen molar-refractivity contribution < 1.29 is 14.9 Å². The molecular weight excluding hydrogens is 240 g/mol. The van der Waals surface area contributed by atoms with Crippen molar-refractivity contribution >= 4 is 11.2 Å². The predicted octanol–water partition coefficient (Wildman–Crippen LogP) is -1.24. The van der Waals surface area contributed by atoms with E-state index in [9.17, 15) is 9.90 Å². The number of imidazole rings is 1. The highest BCUT2D eigenvalue weighted by molar-refractivity contribution is 5.68. The lowest BCUT2D eigenvalue weighted by Gasteiger charge is -2.16. The molecule has 96 valence electrons. The molecule has 0 unspecified atom stereocenters. The Morgan fingerprint density at radius 2 is 2.39 bits per heavy atom. The maximum atomic E-state index is 11.5. The molecule has 3 rings (SSSR count). The first-order chi connectivity index (χ1) is 8.70. The van der Waals surface area contributed by atoms with Crippen LogP contribution in [0.25, 0.3) is 11.2 Å². The van der Waals surface area contributed by atoms with Crippen LogP contribution in [0.3, 0.4) is 0 Å². The van der Waals surface area contributed by atoms with Gasteiger partial charge in [0.05, 0.1) is 25.4 Å². The summed E-state index contributed by atoms with van der Waals surface area (Å²) in [4.78, 5) is 21.9. The molecule has 0 aromatic carbocycles. The number of hydrogen-bond donors (Lipinski definition) is 3. The minimum Gasteiger partial charge on any atom is -0.394 e. The van der Waals surface area contributed by atoms with E-state index in [0.29, 0.717) is 12.1 Å². The SMILES string of the molecule is O=c1[nH]cnc2c1ncn2[C@@H]1O[C@H](CO)C[C@@H]1O. The van der Waals surface area contributed by atoms with E-state index in [1.54, 1.807) is 0 Å². The smallest absolute Gasteiger partial charge is 0.278 e. The molecule has 1 saturated heterocycles. The van der Waals surface area contributed by atoms with E-state index >= 15 is 0 Å². The Morgan fingerprint density at radius 3 is 3.11 bits per heavy atom. The summed E-state index contributed by atoms with van der Waals surface area (Å²) in [7, 11) is 0. The molecule has 1 aliphatic rings. The van der Waals surface area contributed by atoms with E-state index in [-0.39, 0.29) is 17.7 Å². The van der Waals surface area contributed by atoms with Crippen LogP contribution in [0.5, 0.6) is 0 Å². The van der Waals surface area contributed by atoms with Crippen LogP contribution in [-0.2, 0) is 4.74 Å². The summed E-state index contributed by atoms with van der Waals surface area (Å²) >= 11 is 0. The number of aromatic nitrogens is 4. The fourth-order valence-corrected chi connectivity index (χ4v) is 2.15. The maximum absolute atomic E-state index is 11.5. The highest BCUT2D eigenvalue weighted by atomic mass is 16.5. The van der Waals surface area contributed by atoms with Crippen molar-refractivity contribution in [3.63, 3.8) is 0 Å². The molecule has 3 atom stereocenters. The molecule has 1 aliphatic heterocycles. The van der Waals surface area contributed by atoms with Crippen molar-refractivity contribution in [3.05, 3.63) is 23.0 Å². The number of fused-ring (bicyclic) bond motifs is 1. The van der Waals surface area contributed by atoms with E-state index in [2.05, 4.69) is 15.0 Å². The van der Waals surface area contributed by atoms with Crippen LogP contribution in [0, 0.1) is 0 Å². The van der Waals surface area contributed by atoms with Gasteiger partial charge in [-0.3, -0.25) is 9.36 Å². The Hall–Kier alpha value is -1.77. The van der Waals surface area contributed by atoms with Gasteiger partial charge in [-0.1, -0.05) is 0 Å². The number of hydrogen-bond acceptors (Lipinski definition) is 6. The van der Waals surface area contributed by atoms with Gasteiger partial charge in [0.2, 0.25) is 0 Å². The Labute approximate surface area is 101 Å². The number of H-pyrrole nitrogens is 1. The lowest BCUT2D eigenvalue weighted by molar-refractivity contribution is -0.0486. The fraction of sp³-hybridized carbons (Fsp3) is 0.500. The molecule has 8 heteroatoms. The highest BCUT2D eigenvalue weighted by Crippen LogP contribution is 2.29. The van der Waals surface area contributed by atoms with Gasteiger partial charge in [0, 0.05) is 6.42 Å². The molecule has 1 fully saturated rings. The zero-order valence-corrected chi connectivity index (χ0v) is 9.35. The first-order valence-electron chi connectivity index (χ1n) is 5.55. The highest BCUT2D eigenvalue weighted by Gasteiger charge is 2.35. The summed E-state index contributed by atoms with van der Waals surface area (Å²) in [5.74, 6) is 0. The van der Waals surface area contributed by atoms with Gasteiger partial charge in [0.1, 0.15) is 6.10 Å². The van der Waals surface area contributed by atoms with Gasteiger partial charge in [-0.25, -0.2) is 9.97 Å². The zero-order chi connectivity index (χ0) is 12.7. The minimum absolute atomic E-state index is 0.159. The predicted molar refractivity (Wildman–Crippen MR) is 59.8 cm³/mol. The van der Waals surface area contributed by atoms with E-state index < -0.39 is 18.4 Å². The largest absolute Gasteiger partial charge is 0.394 e. The first kappa shape index (κ1) is 11.3. The Bertz CT molecular complexity index is 622. The van der Waals surface area contributed by atoms with E-state index in [1.807, 2.05) is 0 Å². The number of nitrogens with one attached hydrogen (secondary N) is 1. The average Bonchev–Trinajstić information content (AvgIpc) is 2.93. The van der Waals surface area contributed by atoms with Crippen molar-refractivity contribution in [1.29, 1.82) is 0 Å². The van der Waals surface area contributed by atoms with Gasteiger partial charge in [-0.15, -0.1) is 0 Å². The van der Waals surface area contributed by atoms with Gasteiger partial charge in [0.25, 0.3) is 5.56 Å². The summed E-state index contributed by atoms with van der Waals surface area (Å²) in [5, 5.41) is 18.9. The molecule has 8 nitrogen and oxygen atoms in total. The van der Waals surface area contributed by atoms with Gasteiger partial charge in [-0.2, -0.15) is 0 Å². The fourth-order valence-electron chi connectivity index (χ4n) is 2.15. The third-order valence-corrected chi connectivity index (χ3v) is 3.01. The molecule has 0 spiro atoms. The van der Waals surface area contributed by atoms with Crippen molar-refractivity contribution in [2.24, 2.45) is 0 Å². The van der Waals surface area contributed by atoms with Crippen LogP contribution < -0.4 is 5.56 Å². The molecule has 3 N–H and O–H groups in total. The third kappa shape index (κ3) is 1.62. The summed E-state index contributed by atoms with van der Waals surface area (Å²) in [6, 6.07) is 0. The number of nitrogens with zero attached hydrogens (tertiary/aromatic N) is 3. The summed E-state index contributed by atoms with van der Waals surface area (Å²) in [5.41, 5.74) is 0.201. The molecule has 18 heavy (non-hydrogen) atoms. The van der Waals surface area contributed by atoms with Crippen LogP contribution in [0.15, 0.2) is 17.4 Å². The van der Waals surface area contributed by atoms with Gasteiger partial charge >= 0.3 is 0 Å². The normalized spacial score (nSPS) is 28.0. The molecule has 3 heterocycles. The molecule has 0 radical (unpaired) electrons. The van der Waals surface area contributed by atoms with Crippen LogP contribution in [0.4, 0.5) is 0 Å². The summed E-state index contributed by atoms with van der Waals surface area (Å²) < 4.78 is 6.99. The second-order valence-corrected chi connectivity index (χ2v) is 4.19. The second-order valence-electron chi connectivity index (χ2n) is 4.19. The maximum Gasteiger partial charge on any atom is 0.278 e. The topological polar surface area (TPSA) is 113 Å². The number of aliphatic hydroxyl groups is 2. The number of aliphatic hydroxyl groups excluding tert-OH is 2. The van der Waals surface area contributed by atoms with Crippen LogP contribution in [0.2, 0.25) is 0 Å². The zero-order valence-electron chi connectivity index (χ0n) is 9.35. The van der Waals surface area contributed by atoms with Crippen molar-refractivity contribution in [1.82, 2.24) is 19.5 Å². The van der Waals surface area contributed by atoms with Crippen LogP contribution >= 0.6 is 0 Å². The van der Waals surface area contributed by atoms with Gasteiger partial charge in [-0.05, 0) is 0 Å². The van der Waals surface area contributed by atoms with Crippen LogP contribution in [0.1, 0.15) is 12.6 Å². The van der Waals surface area contributed by atoms with Crippen molar-refractivity contribution in [2.75, 3.05) is 6.61 Å². The Morgan fingerprint density at radius 1 is 1.56 bits per heavy atom. The lowest BCUT2D eigenvalue weighted by Crippen LogP contribution is -2.19. The molecule has 0 amide bonds. The lowest BCUT2D eigenvalue weighted by atomic mass is 10.2. The molecule has 0 aliphatic carbocycles. The first-order valence-corrected chi connectivity index (χ1v) is 5.55. The third-order valence-electron chi connectivity index (χ3n) is 3.01. The van der Waals surface area contributed by atoms with E-state index in [0.717, 1.165) is 0 Å². The number of ether oxygens (including phenoxy) is 1. The molecule has 0 saturated carbocycles. The van der Waals surface area contributed by atoms with E-state index in [1.165, 1.54) is 17.2 Å². The summed E-state index contributed by atoms with van der Waals surface area (Å²) in [6.45, 7) is -0.159. The average molecular weight is 252 g/mol. The molecule has 0 bridgehead atoms. The van der Waals surface area contributed by atoms with Crippen molar-refractivity contribution in [2.45, 2.75) is 24.9 Å². The van der Waals surface area contributed by atoms with Crippen LogP contribution in [-0.4, -0.2) is 48.5 Å². The van der Waals surface area contributed by atoms with Crippen molar-refractivity contribution in [3.8, 4) is 0 Å². The Kier molecular flexibility index (Phi) is 2.62. The van der Waals surface area contributed by atoms with Gasteiger partial charge in [0.15, 0.2) is 17.4 Å². The van der Waals surface area contributed by atoms with E-state index in [4.69, 9.17) is 9.84 Å². The molecule has 2 aromatic heterocycles. The Balaban J connectivity index is 2.05. The number of rotatable bonds is 2. The molecule has 2 aromatic rings. The standard InChI is InChI=1S/C10H12N4O4/c15-2-5-1-6(16)10(18-5)14-4-13-7-8(14)11-3-12-9(7)17/h3-6,10,15-16H,1-2H2,(H,11,12,17)/t5-,6-,10+/m0/s1.